The van der Waals surface area contributed by atoms with Crippen molar-refractivity contribution >= 4 is 5.91 Å². The summed E-state index contributed by atoms with van der Waals surface area (Å²) in [4.78, 5) is 11.2. The Bertz CT molecular complexity index is 341. The van der Waals surface area contributed by atoms with Crippen LogP contribution in [0.5, 0.6) is 0 Å². The molecule has 0 bridgehead atoms. The molecule has 0 heterocycles. The Balaban J connectivity index is 2.21. The molecule has 0 unspecified atom stereocenters. The molecule has 1 rings (SSSR count). The van der Waals surface area contributed by atoms with Crippen molar-refractivity contribution in [2.24, 2.45) is 5.92 Å². The summed E-state index contributed by atoms with van der Waals surface area (Å²) in [7, 11) is 0. The highest BCUT2D eigenvalue weighted by atomic mass is 16.1. The van der Waals surface area contributed by atoms with Crippen LogP contribution < -0.4 is 5.32 Å². The first kappa shape index (κ1) is 12.5. The molecule has 0 aliphatic heterocycles. The second-order valence-electron chi connectivity index (χ2n) is 4.09. The van der Waals surface area contributed by atoms with Crippen LogP contribution in [0.2, 0.25) is 0 Å². The molecule has 0 fully saturated rings. The van der Waals surface area contributed by atoms with Gasteiger partial charge in [-0.2, -0.15) is 0 Å². The van der Waals surface area contributed by atoms with Crippen molar-refractivity contribution in [3.05, 3.63) is 48.2 Å². The van der Waals surface area contributed by atoms with Crippen molar-refractivity contribution in [1.82, 2.24) is 5.32 Å². The predicted octanol–water partition coefficient (Wildman–Crippen LogP) is 2.91. The molecule has 0 aliphatic carbocycles. The molecule has 1 aromatic rings. The third-order valence-electron chi connectivity index (χ3n) is 2.31. The third kappa shape index (κ3) is 4.78. The van der Waals surface area contributed by atoms with Gasteiger partial charge in [0, 0.05) is 5.92 Å². The summed E-state index contributed by atoms with van der Waals surface area (Å²) in [6.45, 7) is 3.76. The van der Waals surface area contributed by atoms with E-state index in [2.05, 4.69) is 17.4 Å². The molecular weight excluding hydrogens is 198 g/mol. The average molecular weight is 217 g/mol. The number of aryl methyl sites for hydroxylation is 1. The van der Waals surface area contributed by atoms with Gasteiger partial charge in [-0.05, 0) is 24.6 Å². The molecule has 0 atom stereocenters. The lowest BCUT2D eigenvalue weighted by atomic mass is 10.1. The fourth-order valence-corrected chi connectivity index (χ4v) is 1.29. The Labute approximate surface area is 97.4 Å². The Morgan fingerprint density at radius 3 is 2.62 bits per heavy atom. The summed E-state index contributed by atoms with van der Waals surface area (Å²) < 4.78 is 0. The van der Waals surface area contributed by atoms with Gasteiger partial charge in [0.25, 0.3) is 0 Å². The molecule has 1 aromatic carbocycles. The lowest BCUT2D eigenvalue weighted by Crippen LogP contribution is -2.22. The first-order valence-electron chi connectivity index (χ1n) is 5.69. The molecule has 2 heteroatoms. The van der Waals surface area contributed by atoms with Gasteiger partial charge in [-0.15, -0.1) is 0 Å². The third-order valence-corrected chi connectivity index (χ3v) is 2.31. The summed E-state index contributed by atoms with van der Waals surface area (Å²) in [6.07, 6.45) is 5.69. The number of carbonyl (C=O) groups is 1. The second kappa shape index (κ2) is 6.83. The van der Waals surface area contributed by atoms with E-state index in [9.17, 15) is 4.79 Å². The summed E-state index contributed by atoms with van der Waals surface area (Å²) in [6, 6.07) is 10.3. The highest BCUT2D eigenvalue weighted by molar-refractivity contribution is 5.78. The maximum atomic E-state index is 11.2. The van der Waals surface area contributed by atoms with Crippen LogP contribution >= 0.6 is 0 Å². The quantitative estimate of drug-likeness (QED) is 0.807. The van der Waals surface area contributed by atoms with E-state index in [1.54, 1.807) is 6.20 Å². The van der Waals surface area contributed by atoms with Crippen LogP contribution in [-0.2, 0) is 11.2 Å². The molecule has 1 amide bonds. The molecule has 0 saturated carbocycles. The minimum Gasteiger partial charge on any atom is -0.333 e. The normalized spacial score (nSPS) is 10.9. The molecule has 1 N–H and O–H groups in total. The standard InChI is InChI=1S/C14H19NO/c1-12(2)14(16)15-11-7-6-10-13-8-4-3-5-9-13/h3-5,7-9,11-12H,6,10H2,1-2H3,(H,15,16)/b11-7+. The zero-order chi connectivity index (χ0) is 11.8. The van der Waals surface area contributed by atoms with Gasteiger partial charge in [0.05, 0.1) is 0 Å². The van der Waals surface area contributed by atoms with E-state index in [0.29, 0.717) is 0 Å². The number of hydrogen-bond donors (Lipinski definition) is 1. The van der Waals surface area contributed by atoms with Crippen molar-refractivity contribution in [2.75, 3.05) is 0 Å². The van der Waals surface area contributed by atoms with Crippen LogP contribution in [0.3, 0.4) is 0 Å². The summed E-state index contributed by atoms with van der Waals surface area (Å²) in [5.41, 5.74) is 1.32. The van der Waals surface area contributed by atoms with E-state index < -0.39 is 0 Å². The molecule has 0 saturated heterocycles. The Hall–Kier alpha value is -1.57. The van der Waals surface area contributed by atoms with E-state index >= 15 is 0 Å². The zero-order valence-electron chi connectivity index (χ0n) is 9.94. The lowest BCUT2D eigenvalue weighted by molar-refractivity contribution is -0.123. The van der Waals surface area contributed by atoms with Gasteiger partial charge in [0.1, 0.15) is 0 Å². The number of hydrogen-bond acceptors (Lipinski definition) is 1. The van der Waals surface area contributed by atoms with Gasteiger partial charge >= 0.3 is 0 Å². The largest absolute Gasteiger partial charge is 0.333 e. The highest BCUT2D eigenvalue weighted by Gasteiger charge is 2.02. The number of rotatable bonds is 5. The minimum absolute atomic E-state index is 0.0405. The van der Waals surface area contributed by atoms with Gasteiger partial charge < -0.3 is 5.32 Å². The van der Waals surface area contributed by atoms with Crippen LogP contribution in [0, 0.1) is 5.92 Å². The lowest BCUT2D eigenvalue weighted by Gasteiger charge is -2.02. The maximum Gasteiger partial charge on any atom is 0.226 e. The first-order valence-corrected chi connectivity index (χ1v) is 5.69. The topological polar surface area (TPSA) is 29.1 Å². The summed E-state index contributed by atoms with van der Waals surface area (Å²) in [5.74, 6) is 0.106. The van der Waals surface area contributed by atoms with Crippen LogP contribution in [-0.4, -0.2) is 5.91 Å². The van der Waals surface area contributed by atoms with Crippen molar-refractivity contribution < 1.29 is 4.79 Å². The molecule has 0 aliphatic rings. The molecule has 2 nitrogen and oxygen atoms in total. The fraction of sp³-hybridized carbons (Fsp3) is 0.357. The predicted molar refractivity (Wildman–Crippen MR) is 66.9 cm³/mol. The number of benzene rings is 1. The van der Waals surface area contributed by atoms with Crippen LogP contribution in [0.15, 0.2) is 42.6 Å². The summed E-state index contributed by atoms with van der Waals surface area (Å²) in [5, 5.41) is 2.75. The first-order chi connectivity index (χ1) is 7.70. The van der Waals surface area contributed by atoms with E-state index in [1.165, 1.54) is 5.56 Å². The number of nitrogens with one attached hydrogen (secondary N) is 1. The van der Waals surface area contributed by atoms with Crippen molar-refractivity contribution in [1.29, 1.82) is 0 Å². The number of carbonyl (C=O) groups excluding carboxylic acids is 1. The van der Waals surface area contributed by atoms with Gasteiger partial charge in [-0.3, -0.25) is 4.79 Å². The van der Waals surface area contributed by atoms with Gasteiger partial charge in [0.15, 0.2) is 0 Å². The highest BCUT2D eigenvalue weighted by Crippen LogP contribution is 2.02. The van der Waals surface area contributed by atoms with Crippen molar-refractivity contribution in [2.45, 2.75) is 26.7 Å². The smallest absolute Gasteiger partial charge is 0.226 e. The molecule has 0 radical (unpaired) electrons. The van der Waals surface area contributed by atoms with Crippen molar-refractivity contribution in [3.8, 4) is 0 Å². The fourth-order valence-electron chi connectivity index (χ4n) is 1.29. The number of amides is 1. The second-order valence-corrected chi connectivity index (χ2v) is 4.09. The maximum absolute atomic E-state index is 11.2. The van der Waals surface area contributed by atoms with Gasteiger partial charge in [-0.1, -0.05) is 50.3 Å². The molecule has 0 aromatic heterocycles. The van der Waals surface area contributed by atoms with Gasteiger partial charge in [0.2, 0.25) is 5.91 Å². The van der Waals surface area contributed by atoms with E-state index in [4.69, 9.17) is 0 Å². The van der Waals surface area contributed by atoms with Crippen molar-refractivity contribution in [3.63, 3.8) is 0 Å². The van der Waals surface area contributed by atoms with Crippen LogP contribution in [0.4, 0.5) is 0 Å². The van der Waals surface area contributed by atoms with E-state index in [1.807, 2.05) is 38.1 Å². The minimum atomic E-state index is 0.0405. The molecule has 86 valence electrons. The molecule has 16 heavy (non-hydrogen) atoms. The number of allylic oxidation sites excluding steroid dienone is 1. The Morgan fingerprint density at radius 1 is 1.31 bits per heavy atom. The van der Waals surface area contributed by atoms with Crippen LogP contribution in [0.25, 0.3) is 0 Å². The van der Waals surface area contributed by atoms with E-state index in [-0.39, 0.29) is 11.8 Å². The SMILES string of the molecule is CC(C)C(=O)N/C=C/CCc1ccccc1. The monoisotopic (exact) mass is 217 g/mol. The zero-order valence-corrected chi connectivity index (χ0v) is 9.94. The van der Waals surface area contributed by atoms with Gasteiger partial charge in [-0.25, -0.2) is 0 Å². The Morgan fingerprint density at radius 2 is 2.00 bits per heavy atom. The Kier molecular flexibility index (Phi) is 5.34. The van der Waals surface area contributed by atoms with Crippen LogP contribution in [0.1, 0.15) is 25.8 Å². The molecular formula is C14H19NO. The van der Waals surface area contributed by atoms with E-state index in [0.717, 1.165) is 12.8 Å². The average Bonchev–Trinajstić information content (AvgIpc) is 2.29. The summed E-state index contributed by atoms with van der Waals surface area (Å²) >= 11 is 0. The molecule has 0 spiro atoms.